The van der Waals surface area contributed by atoms with E-state index in [-0.39, 0.29) is 22.6 Å². The monoisotopic (exact) mass is 426 g/mol. The van der Waals surface area contributed by atoms with Crippen LogP contribution in [0.3, 0.4) is 0 Å². The summed E-state index contributed by atoms with van der Waals surface area (Å²) in [6.07, 6.45) is 3.11. The third-order valence-electron chi connectivity index (χ3n) is 5.74. The maximum atomic E-state index is 12.6. The molecule has 1 fully saturated rings. The number of H-pyrrole nitrogens is 1. The first-order valence-electron chi connectivity index (χ1n) is 10.2. The molecule has 1 heterocycles. The Morgan fingerprint density at radius 1 is 1.07 bits per heavy atom. The zero-order valence-electron chi connectivity index (χ0n) is 16.9. The number of rotatable bonds is 6. The van der Waals surface area contributed by atoms with Crippen LogP contribution in [0.25, 0.3) is 11.0 Å². The first-order valence-corrected chi connectivity index (χ1v) is 11.7. The Kier molecular flexibility index (Phi) is 5.87. The molecule has 0 bridgehead atoms. The molecule has 158 valence electrons. The van der Waals surface area contributed by atoms with Crippen LogP contribution in [0.5, 0.6) is 0 Å². The van der Waals surface area contributed by atoms with Crippen LogP contribution in [-0.2, 0) is 14.8 Å². The zero-order valence-corrected chi connectivity index (χ0v) is 17.7. The Hall–Kier alpha value is -2.71. The maximum Gasteiger partial charge on any atom is 0.240 e. The lowest BCUT2D eigenvalue weighted by molar-refractivity contribution is -0.121. The second kappa shape index (κ2) is 8.57. The van der Waals surface area contributed by atoms with Gasteiger partial charge in [-0.05, 0) is 62.8 Å². The normalized spacial score (nSPS) is 19.6. The minimum atomic E-state index is -3.50. The van der Waals surface area contributed by atoms with Gasteiger partial charge in [0.25, 0.3) is 0 Å². The lowest BCUT2D eigenvalue weighted by Gasteiger charge is -2.27. The van der Waals surface area contributed by atoms with Crippen LogP contribution in [0.15, 0.2) is 53.4 Å². The molecule has 1 aromatic heterocycles. The van der Waals surface area contributed by atoms with Crippen molar-refractivity contribution in [3.05, 3.63) is 54.1 Å². The van der Waals surface area contributed by atoms with Gasteiger partial charge in [0.1, 0.15) is 0 Å². The first kappa shape index (κ1) is 20.6. The molecule has 0 radical (unpaired) electrons. The fraction of sp³-hybridized carbons (Fsp3) is 0.364. The highest BCUT2D eigenvalue weighted by Crippen LogP contribution is 2.29. The smallest absolute Gasteiger partial charge is 0.240 e. The van der Waals surface area contributed by atoms with Gasteiger partial charge in [-0.25, -0.2) is 18.1 Å². The summed E-state index contributed by atoms with van der Waals surface area (Å²) in [6.45, 7) is 2.32. The predicted molar refractivity (Wildman–Crippen MR) is 117 cm³/mol. The van der Waals surface area contributed by atoms with Crippen molar-refractivity contribution in [1.29, 1.82) is 0 Å². The van der Waals surface area contributed by atoms with Gasteiger partial charge in [0.05, 0.1) is 15.9 Å². The average molecular weight is 427 g/mol. The van der Waals surface area contributed by atoms with Gasteiger partial charge in [0, 0.05) is 12.5 Å². The van der Waals surface area contributed by atoms with Crippen LogP contribution in [0.2, 0.25) is 0 Å². The Morgan fingerprint density at radius 3 is 2.47 bits per heavy atom. The Morgan fingerprint density at radius 2 is 1.77 bits per heavy atom. The summed E-state index contributed by atoms with van der Waals surface area (Å²) >= 11 is 0. The van der Waals surface area contributed by atoms with E-state index >= 15 is 0 Å². The molecule has 0 unspecified atom stereocenters. The molecular formula is C22H26N4O3S. The molecule has 30 heavy (non-hydrogen) atoms. The van der Waals surface area contributed by atoms with Gasteiger partial charge in [-0.2, -0.15) is 0 Å². The molecule has 1 aliphatic carbocycles. The number of aromatic amines is 1. The van der Waals surface area contributed by atoms with Crippen molar-refractivity contribution in [3.8, 4) is 0 Å². The number of aryl methyl sites for hydroxylation is 1. The van der Waals surface area contributed by atoms with Crippen LogP contribution in [0.4, 0.5) is 5.95 Å². The Balaban J connectivity index is 1.27. The van der Waals surface area contributed by atoms with Crippen LogP contribution in [0, 0.1) is 18.8 Å². The number of nitrogens with one attached hydrogen (secondary N) is 3. The summed E-state index contributed by atoms with van der Waals surface area (Å²) in [5.74, 6) is 0.588. The largest absolute Gasteiger partial charge is 0.324 e. The van der Waals surface area contributed by atoms with Gasteiger partial charge < -0.3 is 4.98 Å². The SMILES string of the molecule is Cc1ccc(S(=O)(=O)NCC2CCC(C(=O)Nc3nc4ccccc4[nH]3)CC2)cc1. The third kappa shape index (κ3) is 4.71. The fourth-order valence-corrected chi connectivity index (χ4v) is 5.00. The van der Waals surface area contributed by atoms with Crippen LogP contribution in [-0.4, -0.2) is 30.8 Å². The van der Waals surface area contributed by atoms with E-state index in [9.17, 15) is 13.2 Å². The summed E-state index contributed by atoms with van der Waals surface area (Å²) in [5.41, 5.74) is 2.72. The summed E-state index contributed by atoms with van der Waals surface area (Å²) in [6, 6.07) is 14.5. The molecule has 4 rings (SSSR count). The van der Waals surface area contributed by atoms with Gasteiger partial charge in [-0.3, -0.25) is 10.1 Å². The van der Waals surface area contributed by atoms with Crippen LogP contribution >= 0.6 is 0 Å². The number of nitrogens with zero attached hydrogens (tertiary/aromatic N) is 1. The highest BCUT2D eigenvalue weighted by atomic mass is 32.2. The van der Waals surface area contributed by atoms with Crippen LogP contribution < -0.4 is 10.0 Å². The van der Waals surface area contributed by atoms with Gasteiger partial charge in [0.15, 0.2) is 0 Å². The van der Waals surface area contributed by atoms with Gasteiger partial charge >= 0.3 is 0 Å². The summed E-state index contributed by atoms with van der Waals surface area (Å²) in [7, 11) is -3.50. The van der Waals surface area contributed by atoms with Crippen molar-refractivity contribution in [2.75, 3.05) is 11.9 Å². The van der Waals surface area contributed by atoms with Crippen molar-refractivity contribution < 1.29 is 13.2 Å². The number of sulfonamides is 1. The van der Waals surface area contributed by atoms with E-state index < -0.39 is 10.0 Å². The number of carbonyl (C=O) groups excluding carboxylic acids is 1. The number of hydrogen-bond acceptors (Lipinski definition) is 4. The Labute approximate surface area is 176 Å². The summed E-state index contributed by atoms with van der Waals surface area (Å²) in [5, 5.41) is 2.88. The molecule has 1 aliphatic rings. The molecule has 3 aromatic rings. The van der Waals surface area contributed by atoms with E-state index in [1.165, 1.54) is 0 Å². The number of hydrogen-bond donors (Lipinski definition) is 3. The Bertz CT molecular complexity index is 1100. The molecule has 8 heteroatoms. The van der Waals surface area contributed by atoms with E-state index in [1.54, 1.807) is 24.3 Å². The maximum absolute atomic E-state index is 12.6. The average Bonchev–Trinajstić information content (AvgIpc) is 3.15. The first-order chi connectivity index (χ1) is 14.4. The molecule has 3 N–H and O–H groups in total. The van der Waals surface area contributed by atoms with E-state index in [4.69, 9.17) is 0 Å². The van der Waals surface area contributed by atoms with E-state index in [2.05, 4.69) is 20.0 Å². The van der Waals surface area contributed by atoms with Crippen molar-refractivity contribution in [1.82, 2.24) is 14.7 Å². The topological polar surface area (TPSA) is 104 Å². The second-order valence-corrected chi connectivity index (χ2v) is 9.74. The van der Waals surface area contributed by atoms with Crippen molar-refractivity contribution >= 4 is 32.9 Å². The fourth-order valence-electron chi connectivity index (χ4n) is 3.89. The number of anilines is 1. The number of benzene rings is 2. The predicted octanol–water partition coefficient (Wildman–Crippen LogP) is 3.59. The molecule has 0 spiro atoms. The molecule has 2 aromatic carbocycles. The summed E-state index contributed by atoms with van der Waals surface area (Å²) in [4.78, 5) is 20.4. The minimum Gasteiger partial charge on any atom is -0.324 e. The lowest BCUT2D eigenvalue weighted by atomic mass is 9.81. The van der Waals surface area contributed by atoms with Crippen molar-refractivity contribution in [2.45, 2.75) is 37.5 Å². The van der Waals surface area contributed by atoms with E-state index in [1.807, 2.05) is 31.2 Å². The number of aromatic nitrogens is 2. The number of para-hydroxylation sites is 2. The summed E-state index contributed by atoms with van der Waals surface area (Å²) < 4.78 is 27.6. The van der Waals surface area contributed by atoms with E-state index in [0.29, 0.717) is 12.5 Å². The quantitative estimate of drug-likeness (QED) is 0.560. The number of amides is 1. The molecule has 0 atom stereocenters. The zero-order chi connectivity index (χ0) is 21.1. The van der Waals surface area contributed by atoms with Gasteiger partial charge in [-0.15, -0.1) is 0 Å². The highest BCUT2D eigenvalue weighted by Gasteiger charge is 2.27. The number of fused-ring (bicyclic) bond motifs is 1. The van der Waals surface area contributed by atoms with Gasteiger partial charge in [0.2, 0.25) is 21.9 Å². The van der Waals surface area contributed by atoms with E-state index in [0.717, 1.165) is 42.3 Å². The third-order valence-corrected chi connectivity index (χ3v) is 7.18. The molecule has 7 nitrogen and oxygen atoms in total. The van der Waals surface area contributed by atoms with Crippen LogP contribution in [0.1, 0.15) is 31.2 Å². The lowest BCUT2D eigenvalue weighted by Crippen LogP contribution is -2.33. The standard InChI is InChI=1S/C22H26N4O3S/c1-15-6-12-18(13-7-15)30(28,29)23-14-16-8-10-17(11-9-16)21(27)26-22-24-19-4-2-3-5-20(19)25-22/h2-7,12-13,16-17,23H,8-11,14H2,1H3,(H2,24,25,26,27). The molecule has 1 amide bonds. The minimum absolute atomic E-state index is 0.0345. The van der Waals surface area contributed by atoms with Gasteiger partial charge in [-0.1, -0.05) is 29.8 Å². The molecule has 0 aliphatic heterocycles. The molecule has 1 saturated carbocycles. The van der Waals surface area contributed by atoms with Crippen molar-refractivity contribution in [2.24, 2.45) is 11.8 Å². The number of carbonyl (C=O) groups is 1. The highest BCUT2D eigenvalue weighted by molar-refractivity contribution is 7.89. The second-order valence-electron chi connectivity index (χ2n) is 7.97. The van der Waals surface area contributed by atoms with Crippen molar-refractivity contribution in [3.63, 3.8) is 0 Å². The molecular weight excluding hydrogens is 400 g/mol. The number of imidazole rings is 1. The molecule has 0 saturated heterocycles.